The summed E-state index contributed by atoms with van der Waals surface area (Å²) < 4.78 is 27.2. The monoisotopic (exact) mass is 332 g/mol. The third-order valence-electron chi connectivity index (χ3n) is 3.58. The van der Waals surface area contributed by atoms with Crippen LogP contribution in [-0.4, -0.2) is 53.6 Å². The van der Waals surface area contributed by atoms with Crippen LogP contribution in [0, 0.1) is 0 Å². The van der Waals surface area contributed by atoms with Crippen LogP contribution in [0.4, 0.5) is 0 Å². The predicted octanol–water partition coefficient (Wildman–Crippen LogP) is 1.43. The van der Waals surface area contributed by atoms with Gasteiger partial charge in [0.05, 0.1) is 6.20 Å². The van der Waals surface area contributed by atoms with Gasteiger partial charge in [0.1, 0.15) is 0 Å². The van der Waals surface area contributed by atoms with Crippen LogP contribution in [0.2, 0.25) is 0 Å². The highest BCUT2D eigenvalue weighted by Gasteiger charge is 2.32. The number of nitrogens with zero attached hydrogens (tertiary/aromatic N) is 2. The second-order valence-corrected chi connectivity index (χ2v) is 8.45. The molecule has 0 amide bonds. The number of aromatic nitrogens is 2. The van der Waals surface area contributed by atoms with Crippen LogP contribution in [0.1, 0.15) is 32.3 Å². The van der Waals surface area contributed by atoms with Gasteiger partial charge in [0.2, 0.25) is 0 Å². The van der Waals surface area contributed by atoms with Gasteiger partial charge >= 0.3 is 0 Å². The molecule has 1 unspecified atom stereocenters. The zero-order valence-electron chi connectivity index (χ0n) is 12.6. The molecule has 0 radical (unpaired) electrons. The number of hydrogen-bond donors (Lipinski definition) is 2. The summed E-state index contributed by atoms with van der Waals surface area (Å²) in [5.74, 6) is 0.856. The van der Waals surface area contributed by atoms with Crippen molar-refractivity contribution in [2.75, 3.05) is 25.4 Å². The van der Waals surface area contributed by atoms with Crippen molar-refractivity contribution in [3.05, 3.63) is 11.8 Å². The number of thioether (sulfide) groups is 1. The molecule has 1 atom stereocenters. The number of aromatic amines is 1. The standard InChI is InChI=1S/C13H24N4O2S2/c1-3-5-14-8-11-9-15-16-13(11)21(18,19)17-6-7-20-12(4-2)10-17/h9,12,14H,3-8,10H2,1-2H3,(H,15,16). The molecule has 1 aliphatic rings. The molecule has 0 aliphatic carbocycles. The lowest BCUT2D eigenvalue weighted by Crippen LogP contribution is -2.42. The van der Waals surface area contributed by atoms with E-state index in [2.05, 4.69) is 29.4 Å². The molecule has 0 saturated carbocycles. The van der Waals surface area contributed by atoms with Gasteiger partial charge in [-0.3, -0.25) is 5.10 Å². The average molecular weight is 332 g/mol. The molecular formula is C13H24N4O2S2. The van der Waals surface area contributed by atoms with Crippen LogP contribution in [0.3, 0.4) is 0 Å². The Kier molecular flexibility index (Phi) is 6.09. The minimum atomic E-state index is -3.47. The zero-order chi connectivity index (χ0) is 15.3. The molecule has 8 heteroatoms. The first-order chi connectivity index (χ1) is 10.1. The molecular weight excluding hydrogens is 308 g/mol. The molecule has 120 valence electrons. The number of H-pyrrole nitrogens is 1. The van der Waals surface area contributed by atoms with Crippen molar-refractivity contribution < 1.29 is 8.42 Å². The second-order valence-electron chi connectivity index (χ2n) is 5.17. The summed E-state index contributed by atoms with van der Waals surface area (Å²) in [6, 6.07) is 0. The molecule has 1 saturated heterocycles. The normalized spacial score (nSPS) is 20.8. The molecule has 0 aromatic carbocycles. The first-order valence-corrected chi connectivity index (χ1v) is 9.93. The van der Waals surface area contributed by atoms with E-state index in [4.69, 9.17) is 0 Å². The van der Waals surface area contributed by atoms with Gasteiger partial charge in [0.15, 0.2) is 5.03 Å². The Hall–Kier alpha value is -0.570. The quantitative estimate of drug-likeness (QED) is 0.739. The van der Waals surface area contributed by atoms with Crippen molar-refractivity contribution in [1.29, 1.82) is 0 Å². The minimum Gasteiger partial charge on any atom is -0.313 e. The fourth-order valence-corrected chi connectivity index (χ4v) is 5.32. The Morgan fingerprint density at radius 1 is 1.52 bits per heavy atom. The van der Waals surface area contributed by atoms with Gasteiger partial charge in [-0.05, 0) is 19.4 Å². The van der Waals surface area contributed by atoms with Gasteiger partial charge in [0, 0.05) is 36.2 Å². The number of rotatable bonds is 7. The number of nitrogens with one attached hydrogen (secondary N) is 2. The highest BCUT2D eigenvalue weighted by atomic mass is 32.2. The highest BCUT2D eigenvalue weighted by Crippen LogP contribution is 2.26. The van der Waals surface area contributed by atoms with Gasteiger partial charge in [-0.1, -0.05) is 13.8 Å². The van der Waals surface area contributed by atoms with Gasteiger partial charge in [-0.25, -0.2) is 8.42 Å². The summed E-state index contributed by atoms with van der Waals surface area (Å²) in [6.45, 7) is 6.73. The van der Waals surface area contributed by atoms with E-state index in [1.807, 2.05) is 11.8 Å². The summed E-state index contributed by atoms with van der Waals surface area (Å²) in [7, 11) is -3.47. The van der Waals surface area contributed by atoms with E-state index < -0.39 is 10.0 Å². The lowest BCUT2D eigenvalue weighted by atomic mass is 10.3. The first kappa shape index (κ1) is 16.8. The maximum absolute atomic E-state index is 12.8. The highest BCUT2D eigenvalue weighted by molar-refractivity contribution is 8.00. The summed E-state index contributed by atoms with van der Waals surface area (Å²) in [6.07, 6.45) is 3.61. The van der Waals surface area contributed by atoms with Crippen LogP contribution < -0.4 is 5.32 Å². The molecule has 6 nitrogen and oxygen atoms in total. The van der Waals surface area contributed by atoms with Crippen LogP contribution >= 0.6 is 11.8 Å². The average Bonchev–Trinajstić information content (AvgIpc) is 2.97. The lowest BCUT2D eigenvalue weighted by Gasteiger charge is -2.30. The van der Waals surface area contributed by atoms with E-state index in [0.717, 1.165) is 30.7 Å². The van der Waals surface area contributed by atoms with Crippen molar-refractivity contribution in [1.82, 2.24) is 19.8 Å². The van der Waals surface area contributed by atoms with E-state index in [1.165, 1.54) is 0 Å². The molecule has 0 bridgehead atoms. The van der Waals surface area contributed by atoms with Crippen molar-refractivity contribution >= 4 is 21.8 Å². The molecule has 1 aromatic rings. The maximum atomic E-state index is 12.8. The van der Waals surface area contributed by atoms with Crippen LogP contribution in [0.15, 0.2) is 11.2 Å². The Balaban J connectivity index is 2.14. The zero-order valence-corrected chi connectivity index (χ0v) is 14.3. The third kappa shape index (κ3) is 4.00. The van der Waals surface area contributed by atoms with E-state index in [0.29, 0.717) is 24.9 Å². The first-order valence-electron chi connectivity index (χ1n) is 7.44. The van der Waals surface area contributed by atoms with Crippen molar-refractivity contribution in [2.24, 2.45) is 0 Å². The summed E-state index contributed by atoms with van der Waals surface area (Å²) in [4.78, 5) is 0. The Labute approximate surface area is 131 Å². The smallest absolute Gasteiger partial charge is 0.260 e. The second kappa shape index (κ2) is 7.62. The maximum Gasteiger partial charge on any atom is 0.260 e. The molecule has 2 heterocycles. The Morgan fingerprint density at radius 3 is 3.05 bits per heavy atom. The molecule has 21 heavy (non-hydrogen) atoms. The number of hydrogen-bond acceptors (Lipinski definition) is 5. The largest absolute Gasteiger partial charge is 0.313 e. The fourth-order valence-electron chi connectivity index (χ4n) is 2.34. The SMILES string of the molecule is CCCNCc1cn[nH]c1S(=O)(=O)N1CCSC(CC)C1. The molecule has 1 aliphatic heterocycles. The van der Waals surface area contributed by atoms with Crippen LogP contribution in [-0.2, 0) is 16.6 Å². The van der Waals surface area contributed by atoms with Crippen molar-refractivity contribution in [2.45, 2.75) is 43.5 Å². The minimum absolute atomic E-state index is 0.243. The third-order valence-corrected chi connectivity index (χ3v) is 6.83. The van der Waals surface area contributed by atoms with E-state index >= 15 is 0 Å². The van der Waals surface area contributed by atoms with Gasteiger partial charge in [-0.15, -0.1) is 0 Å². The van der Waals surface area contributed by atoms with Crippen LogP contribution in [0.25, 0.3) is 0 Å². The molecule has 2 N–H and O–H groups in total. The Bertz CT molecular complexity index is 544. The van der Waals surface area contributed by atoms with Crippen molar-refractivity contribution in [3.63, 3.8) is 0 Å². The summed E-state index contributed by atoms with van der Waals surface area (Å²) in [5.41, 5.74) is 0.717. The molecule has 1 fully saturated rings. The molecule has 1 aromatic heterocycles. The summed E-state index contributed by atoms with van der Waals surface area (Å²) in [5, 5.41) is 10.5. The van der Waals surface area contributed by atoms with Crippen molar-refractivity contribution in [3.8, 4) is 0 Å². The van der Waals surface area contributed by atoms with Gasteiger partial charge < -0.3 is 5.32 Å². The summed E-state index contributed by atoms with van der Waals surface area (Å²) >= 11 is 1.86. The van der Waals surface area contributed by atoms with E-state index in [1.54, 1.807) is 10.5 Å². The number of sulfonamides is 1. The van der Waals surface area contributed by atoms with Crippen LogP contribution in [0.5, 0.6) is 0 Å². The Morgan fingerprint density at radius 2 is 2.33 bits per heavy atom. The van der Waals surface area contributed by atoms with Gasteiger partial charge in [-0.2, -0.15) is 21.2 Å². The van der Waals surface area contributed by atoms with E-state index in [-0.39, 0.29) is 5.03 Å². The lowest BCUT2D eigenvalue weighted by molar-refractivity contribution is 0.413. The predicted molar refractivity (Wildman–Crippen MR) is 85.9 cm³/mol. The molecule has 0 spiro atoms. The topological polar surface area (TPSA) is 78.1 Å². The van der Waals surface area contributed by atoms with Gasteiger partial charge in [0.25, 0.3) is 10.0 Å². The van der Waals surface area contributed by atoms with E-state index in [9.17, 15) is 8.42 Å². The fraction of sp³-hybridized carbons (Fsp3) is 0.769. The molecule has 2 rings (SSSR count).